The predicted molar refractivity (Wildman–Crippen MR) is 112 cm³/mol. The second kappa shape index (κ2) is 6.64. The third-order valence-electron chi connectivity index (χ3n) is 5.59. The van der Waals surface area contributed by atoms with E-state index in [2.05, 4.69) is 28.9 Å². The number of benzene rings is 3. The molecule has 3 aromatic carbocycles. The molecule has 1 aromatic heterocycles. The van der Waals surface area contributed by atoms with Crippen molar-refractivity contribution in [1.82, 2.24) is 4.57 Å². The van der Waals surface area contributed by atoms with E-state index >= 15 is 0 Å². The first-order valence-electron chi connectivity index (χ1n) is 9.56. The molecule has 0 saturated carbocycles. The Bertz CT molecular complexity index is 1240. The lowest BCUT2D eigenvalue weighted by atomic mass is 9.93. The largest absolute Gasteiger partial charge is 0.366 e. The monoisotopic (exact) mass is 368 g/mol. The number of aryl methyl sites for hydroxylation is 1. The Hall–Kier alpha value is -3.40. The van der Waals surface area contributed by atoms with Crippen molar-refractivity contribution in [3.05, 3.63) is 83.6 Å². The van der Waals surface area contributed by atoms with Gasteiger partial charge in [0.15, 0.2) is 0 Å². The standard InChI is InChI=1S/C24H20N2O2/c1-26-21-14-5-4-11-19(21)23-20(13-7-15-22(23)26)25-28-24(27)18-12-6-9-16-8-2-3-10-17(16)18/h2-6,8-12,14H,7,13,15H2,1H3. The molecule has 28 heavy (non-hydrogen) atoms. The summed E-state index contributed by atoms with van der Waals surface area (Å²) in [7, 11) is 2.09. The van der Waals surface area contributed by atoms with Gasteiger partial charge in [0, 0.05) is 29.2 Å². The smallest absolute Gasteiger partial charge is 0.347 e. The van der Waals surface area contributed by atoms with Crippen LogP contribution < -0.4 is 0 Å². The normalized spacial score (nSPS) is 15.1. The van der Waals surface area contributed by atoms with Gasteiger partial charge in [0.1, 0.15) is 0 Å². The lowest BCUT2D eigenvalue weighted by Crippen LogP contribution is -2.14. The zero-order valence-electron chi connectivity index (χ0n) is 15.7. The molecule has 0 amide bonds. The van der Waals surface area contributed by atoms with Gasteiger partial charge in [-0.25, -0.2) is 4.79 Å². The van der Waals surface area contributed by atoms with Crippen molar-refractivity contribution in [2.24, 2.45) is 12.2 Å². The Morgan fingerprint density at radius 2 is 1.68 bits per heavy atom. The van der Waals surface area contributed by atoms with Crippen LogP contribution in [-0.2, 0) is 18.3 Å². The molecule has 0 atom stereocenters. The molecule has 0 radical (unpaired) electrons. The molecule has 0 fully saturated rings. The summed E-state index contributed by atoms with van der Waals surface area (Å²) in [5.41, 5.74) is 4.95. The number of carbonyl (C=O) groups excluding carboxylic acids is 1. The maximum absolute atomic E-state index is 12.7. The summed E-state index contributed by atoms with van der Waals surface area (Å²) < 4.78 is 2.23. The van der Waals surface area contributed by atoms with Gasteiger partial charge in [-0.3, -0.25) is 0 Å². The highest BCUT2D eigenvalue weighted by atomic mass is 16.7. The van der Waals surface area contributed by atoms with E-state index in [0.717, 1.165) is 41.3 Å². The van der Waals surface area contributed by atoms with Gasteiger partial charge in [0.2, 0.25) is 0 Å². The van der Waals surface area contributed by atoms with Crippen LogP contribution in [0.25, 0.3) is 21.7 Å². The van der Waals surface area contributed by atoms with E-state index in [9.17, 15) is 4.79 Å². The molecule has 1 aliphatic rings. The Labute approximate surface area is 163 Å². The van der Waals surface area contributed by atoms with Gasteiger partial charge in [-0.1, -0.05) is 59.8 Å². The molecule has 1 aliphatic carbocycles. The fraction of sp³-hybridized carbons (Fsp3) is 0.167. The lowest BCUT2D eigenvalue weighted by molar-refractivity contribution is 0.0518. The van der Waals surface area contributed by atoms with Crippen LogP contribution in [-0.4, -0.2) is 16.2 Å². The van der Waals surface area contributed by atoms with Crippen molar-refractivity contribution >= 4 is 33.4 Å². The van der Waals surface area contributed by atoms with Crippen LogP contribution in [0.5, 0.6) is 0 Å². The number of carbonyl (C=O) groups is 1. The van der Waals surface area contributed by atoms with Crippen molar-refractivity contribution in [3.8, 4) is 0 Å². The van der Waals surface area contributed by atoms with E-state index in [4.69, 9.17) is 4.84 Å². The Balaban J connectivity index is 1.53. The molecular formula is C24H20N2O2. The molecule has 4 aromatic rings. The van der Waals surface area contributed by atoms with E-state index < -0.39 is 5.97 Å². The number of rotatable bonds is 2. The van der Waals surface area contributed by atoms with Crippen molar-refractivity contribution in [2.45, 2.75) is 19.3 Å². The Morgan fingerprint density at radius 3 is 2.57 bits per heavy atom. The Kier molecular flexibility index (Phi) is 3.97. The van der Waals surface area contributed by atoms with Gasteiger partial charge in [-0.15, -0.1) is 0 Å². The topological polar surface area (TPSA) is 43.6 Å². The fourth-order valence-electron chi connectivity index (χ4n) is 4.25. The highest BCUT2D eigenvalue weighted by Crippen LogP contribution is 2.32. The van der Waals surface area contributed by atoms with Crippen molar-refractivity contribution < 1.29 is 9.63 Å². The van der Waals surface area contributed by atoms with E-state index in [1.54, 1.807) is 6.07 Å². The van der Waals surface area contributed by atoms with Crippen LogP contribution in [0.4, 0.5) is 0 Å². The number of aromatic nitrogens is 1. The number of hydrogen-bond acceptors (Lipinski definition) is 3. The summed E-state index contributed by atoms with van der Waals surface area (Å²) in [5, 5.41) is 7.38. The van der Waals surface area contributed by atoms with Gasteiger partial charge in [-0.05, 0) is 42.2 Å². The molecule has 0 spiro atoms. The zero-order chi connectivity index (χ0) is 19.1. The fourth-order valence-corrected chi connectivity index (χ4v) is 4.25. The van der Waals surface area contributed by atoms with E-state index in [-0.39, 0.29) is 0 Å². The lowest BCUT2D eigenvalue weighted by Gasteiger charge is -2.15. The predicted octanol–water partition coefficient (Wildman–Crippen LogP) is 5.23. The van der Waals surface area contributed by atoms with Gasteiger partial charge >= 0.3 is 5.97 Å². The third kappa shape index (κ3) is 2.61. The van der Waals surface area contributed by atoms with E-state index in [1.165, 1.54) is 16.6 Å². The highest BCUT2D eigenvalue weighted by molar-refractivity contribution is 6.13. The average Bonchev–Trinajstić information content (AvgIpc) is 3.05. The minimum atomic E-state index is -0.420. The van der Waals surface area contributed by atoms with Crippen LogP contribution in [0.3, 0.4) is 0 Å². The summed E-state index contributed by atoms with van der Waals surface area (Å²) in [5.74, 6) is -0.420. The molecule has 0 bridgehead atoms. The van der Waals surface area contributed by atoms with E-state index in [0.29, 0.717) is 5.56 Å². The van der Waals surface area contributed by atoms with Crippen LogP contribution in [0.15, 0.2) is 71.9 Å². The molecule has 0 saturated heterocycles. The van der Waals surface area contributed by atoms with Crippen molar-refractivity contribution in [2.75, 3.05) is 0 Å². The number of hydrogen-bond donors (Lipinski definition) is 0. The molecule has 138 valence electrons. The van der Waals surface area contributed by atoms with Crippen LogP contribution in [0.2, 0.25) is 0 Å². The summed E-state index contributed by atoms with van der Waals surface area (Å²) in [6, 6.07) is 21.8. The quantitative estimate of drug-likeness (QED) is 0.359. The molecule has 0 aliphatic heterocycles. The molecule has 1 heterocycles. The van der Waals surface area contributed by atoms with Gasteiger partial charge in [0.05, 0.1) is 11.3 Å². The highest BCUT2D eigenvalue weighted by Gasteiger charge is 2.24. The maximum Gasteiger partial charge on any atom is 0.366 e. The number of para-hydroxylation sites is 1. The molecule has 0 unspecified atom stereocenters. The second-order valence-electron chi connectivity index (χ2n) is 7.19. The first kappa shape index (κ1) is 16.8. The van der Waals surface area contributed by atoms with Gasteiger partial charge in [-0.2, -0.15) is 0 Å². The minimum Gasteiger partial charge on any atom is -0.347 e. The Morgan fingerprint density at radius 1 is 0.929 bits per heavy atom. The van der Waals surface area contributed by atoms with Crippen LogP contribution >= 0.6 is 0 Å². The van der Waals surface area contributed by atoms with Gasteiger partial charge in [0.25, 0.3) is 0 Å². The third-order valence-corrected chi connectivity index (χ3v) is 5.59. The first-order chi connectivity index (χ1) is 13.7. The minimum absolute atomic E-state index is 0.420. The molecule has 0 N–H and O–H groups in total. The number of fused-ring (bicyclic) bond motifs is 4. The number of nitrogens with zero attached hydrogens (tertiary/aromatic N) is 2. The number of oxime groups is 1. The summed E-state index contributed by atoms with van der Waals surface area (Å²) in [6.07, 6.45) is 2.82. The second-order valence-corrected chi connectivity index (χ2v) is 7.19. The van der Waals surface area contributed by atoms with Crippen LogP contribution in [0.1, 0.15) is 34.5 Å². The summed E-state index contributed by atoms with van der Waals surface area (Å²) in [6.45, 7) is 0. The summed E-state index contributed by atoms with van der Waals surface area (Å²) in [4.78, 5) is 18.2. The van der Waals surface area contributed by atoms with Gasteiger partial charge < -0.3 is 9.40 Å². The van der Waals surface area contributed by atoms with Crippen molar-refractivity contribution in [3.63, 3.8) is 0 Å². The maximum atomic E-state index is 12.7. The van der Waals surface area contributed by atoms with Crippen molar-refractivity contribution in [1.29, 1.82) is 0 Å². The van der Waals surface area contributed by atoms with Crippen LogP contribution in [0, 0.1) is 0 Å². The molecule has 4 heteroatoms. The van der Waals surface area contributed by atoms with E-state index in [1.807, 2.05) is 48.5 Å². The zero-order valence-corrected chi connectivity index (χ0v) is 15.7. The molecule has 5 rings (SSSR count). The molecular weight excluding hydrogens is 348 g/mol. The SMILES string of the molecule is Cn1c2c(c3ccccc31)C(=NOC(=O)c1cccc3ccccc13)CCC2. The average molecular weight is 368 g/mol. The first-order valence-corrected chi connectivity index (χ1v) is 9.56. The summed E-state index contributed by atoms with van der Waals surface area (Å²) >= 11 is 0. The molecule has 4 nitrogen and oxygen atoms in total.